The van der Waals surface area contributed by atoms with Gasteiger partial charge in [0.05, 0.1) is 19.4 Å². The Labute approximate surface area is 113 Å². The molecule has 1 aromatic heterocycles. The number of nitrogens with zero attached hydrogens (tertiary/aromatic N) is 2. The van der Waals surface area contributed by atoms with Gasteiger partial charge in [-0.3, -0.25) is 4.68 Å². The standard InChI is InChI=1S/C15H20N2O2/c1-17-11-13(10-16-17)6-7-14(18)8-12-4-3-5-15(9-12)19-2/h3-5,9-11,14,18H,6-8H2,1-2H3. The minimum absolute atomic E-state index is 0.340. The number of ether oxygens (including phenoxy) is 1. The van der Waals surface area contributed by atoms with Crippen molar-refractivity contribution < 1.29 is 9.84 Å². The second kappa shape index (κ2) is 6.38. The van der Waals surface area contributed by atoms with Gasteiger partial charge in [0.15, 0.2) is 0 Å². The lowest BCUT2D eigenvalue weighted by molar-refractivity contribution is 0.165. The van der Waals surface area contributed by atoms with Crippen LogP contribution in [-0.4, -0.2) is 28.1 Å². The van der Waals surface area contributed by atoms with Crippen LogP contribution in [0.3, 0.4) is 0 Å². The summed E-state index contributed by atoms with van der Waals surface area (Å²) in [7, 11) is 3.55. The summed E-state index contributed by atoms with van der Waals surface area (Å²) >= 11 is 0. The molecule has 0 bridgehead atoms. The molecule has 0 amide bonds. The van der Waals surface area contributed by atoms with Gasteiger partial charge in [-0.25, -0.2) is 0 Å². The Morgan fingerprint density at radius 3 is 2.89 bits per heavy atom. The fraction of sp³-hybridized carbons (Fsp3) is 0.400. The van der Waals surface area contributed by atoms with Crippen molar-refractivity contribution >= 4 is 0 Å². The number of rotatable bonds is 6. The number of methoxy groups -OCH3 is 1. The molecule has 102 valence electrons. The SMILES string of the molecule is COc1cccc(CC(O)CCc2cnn(C)c2)c1. The number of benzene rings is 1. The zero-order valence-electron chi connectivity index (χ0n) is 11.4. The molecular formula is C15H20N2O2. The lowest BCUT2D eigenvalue weighted by atomic mass is 10.0. The van der Waals surface area contributed by atoms with Crippen molar-refractivity contribution in [2.75, 3.05) is 7.11 Å². The van der Waals surface area contributed by atoms with E-state index in [1.807, 2.05) is 43.7 Å². The number of aryl methyl sites for hydroxylation is 2. The van der Waals surface area contributed by atoms with Crippen molar-refractivity contribution in [3.8, 4) is 5.75 Å². The quantitative estimate of drug-likeness (QED) is 0.863. The van der Waals surface area contributed by atoms with Gasteiger partial charge in [-0.05, 0) is 42.5 Å². The number of aromatic nitrogens is 2. The molecule has 0 aliphatic rings. The minimum atomic E-state index is -0.340. The van der Waals surface area contributed by atoms with Gasteiger partial charge in [-0.2, -0.15) is 5.10 Å². The number of aliphatic hydroxyl groups is 1. The Kier molecular flexibility index (Phi) is 4.58. The molecule has 2 rings (SSSR count). The summed E-state index contributed by atoms with van der Waals surface area (Å²) in [5, 5.41) is 14.2. The lowest BCUT2D eigenvalue weighted by Gasteiger charge is -2.10. The van der Waals surface area contributed by atoms with E-state index in [9.17, 15) is 5.11 Å². The van der Waals surface area contributed by atoms with E-state index in [1.165, 1.54) is 0 Å². The van der Waals surface area contributed by atoms with Crippen molar-refractivity contribution in [1.82, 2.24) is 9.78 Å². The van der Waals surface area contributed by atoms with E-state index in [1.54, 1.807) is 11.8 Å². The molecule has 1 atom stereocenters. The molecule has 1 N–H and O–H groups in total. The molecular weight excluding hydrogens is 240 g/mol. The van der Waals surface area contributed by atoms with E-state index in [0.717, 1.165) is 29.7 Å². The van der Waals surface area contributed by atoms with Crippen molar-refractivity contribution in [3.05, 3.63) is 47.8 Å². The van der Waals surface area contributed by atoms with Crippen LogP contribution in [0.25, 0.3) is 0 Å². The zero-order valence-corrected chi connectivity index (χ0v) is 11.4. The third kappa shape index (κ3) is 4.10. The van der Waals surface area contributed by atoms with Crippen LogP contribution in [0.1, 0.15) is 17.5 Å². The zero-order chi connectivity index (χ0) is 13.7. The first-order valence-corrected chi connectivity index (χ1v) is 6.46. The summed E-state index contributed by atoms with van der Waals surface area (Å²) in [6.45, 7) is 0. The van der Waals surface area contributed by atoms with Gasteiger partial charge in [-0.1, -0.05) is 12.1 Å². The van der Waals surface area contributed by atoms with Crippen molar-refractivity contribution in [2.45, 2.75) is 25.4 Å². The van der Waals surface area contributed by atoms with Crippen molar-refractivity contribution in [3.63, 3.8) is 0 Å². The van der Waals surface area contributed by atoms with E-state index < -0.39 is 0 Å². The van der Waals surface area contributed by atoms with Gasteiger partial charge in [0, 0.05) is 13.2 Å². The van der Waals surface area contributed by atoms with Crippen LogP contribution in [0, 0.1) is 0 Å². The summed E-state index contributed by atoms with van der Waals surface area (Å²) in [4.78, 5) is 0. The van der Waals surface area contributed by atoms with Crippen LogP contribution in [0.15, 0.2) is 36.7 Å². The molecule has 19 heavy (non-hydrogen) atoms. The Hall–Kier alpha value is -1.81. The summed E-state index contributed by atoms with van der Waals surface area (Å²) in [5.41, 5.74) is 2.25. The highest BCUT2D eigenvalue weighted by atomic mass is 16.5. The van der Waals surface area contributed by atoms with Crippen molar-refractivity contribution in [1.29, 1.82) is 0 Å². The topological polar surface area (TPSA) is 47.3 Å². The smallest absolute Gasteiger partial charge is 0.119 e. The monoisotopic (exact) mass is 260 g/mol. The predicted octanol–water partition coefficient (Wildman–Crippen LogP) is 1.96. The van der Waals surface area contributed by atoms with E-state index in [2.05, 4.69) is 5.10 Å². The van der Waals surface area contributed by atoms with Crippen LogP contribution in [0.4, 0.5) is 0 Å². The fourth-order valence-corrected chi connectivity index (χ4v) is 2.11. The number of aliphatic hydroxyl groups excluding tert-OH is 1. The first-order valence-electron chi connectivity index (χ1n) is 6.46. The number of hydrogen-bond donors (Lipinski definition) is 1. The van der Waals surface area contributed by atoms with E-state index in [0.29, 0.717) is 6.42 Å². The molecule has 4 nitrogen and oxygen atoms in total. The molecule has 4 heteroatoms. The Bertz CT molecular complexity index is 522. The second-order valence-corrected chi connectivity index (χ2v) is 4.77. The molecule has 0 radical (unpaired) electrons. The predicted molar refractivity (Wildman–Crippen MR) is 74.2 cm³/mol. The first kappa shape index (κ1) is 13.6. The van der Waals surface area contributed by atoms with Gasteiger partial charge in [0.25, 0.3) is 0 Å². The highest BCUT2D eigenvalue weighted by Gasteiger charge is 2.07. The van der Waals surface area contributed by atoms with Gasteiger partial charge in [-0.15, -0.1) is 0 Å². The first-order chi connectivity index (χ1) is 9.17. The summed E-state index contributed by atoms with van der Waals surface area (Å²) < 4.78 is 6.96. The maximum absolute atomic E-state index is 10.1. The Morgan fingerprint density at radius 1 is 1.37 bits per heavy atom. The van der Waals surface area contributed by atoms with Crippen LogP contribution >= 0.6 is 0 Å². The third-order valence-corrected chi connectivity index (χ3v) is 3.13. The highest BCUT2D eigenvalue weighted by Crippen LogP contribution is 2.15. The minimum Gasteiger partial charge on any atom is -0.497 e. The average Bonchev–Trinajstić information content (AvgIpc) is 2.82. The lowest BCUT2D eigenvalue weighted by Crippen LogP contribution is -2.11. The molecule has 0 saturated heterocycles. The maximum atomic E-state index is 10.1. The largest absolute Gasteiger partial charge is 0.497 e. The van der Waals surface area contributed by atoms with Crippen LogP contribution in [0.2, 0.25) is 0 Å². The summed E-state index contributed by atoms with van der Waals surface area (Å²) in [6.07, 6.45) is 5.72. The second-order valence-electron chi connectivity index (χ2n) is 4.77. The summed E-state index contributed by atoms with van der Waals surface area (Å²) in [6, 6.07) is 7.83. The molecule has 1 unspecified atom stereocenters. The molecule has 0 aliphatic carbocycles. The van der Waals surface area contributed by atoms with Crippen LogP contribution in [-0.2, 0) is 19.9 Å². The molecule has 0 spiro atoms. The van der Waals surface area contributed by atoms with Gasteiger partial charge < -0.3 is 9.84 Å². The summed E-state index contributed by atoms with van der Waals surface area (Å²) in [5.74, 6) is 0.831. The van der Waals surface area contributed by atoms with E-state index >= 15 is 0 Å². The molecule has 0 saturated carbocycles. The van der Waals surface area contributed by atoms with Gasteiger partial charge in [0.2, 0.25) is 0 Å². The van der Waals surface area contributed by atoms with Gasteiger partial charge >= 0.3 is 0 Å². The molecule has 0 fully saturated rings. The molecule has 1 aromatic carbocycles. The van der Waals surface area contributed by atoms with Crippen LogP contribution < -0.4 is 4.74 Å². The van der Waals surface area contributed by atoms with E-state index in [-0.39, 0.29) is 6.10 Å². The Morgan fingerprint density at radius 2 is 2.21 bits per heavy atom. The van der Waals surface area contributed by atoms with Crippen LogP contribution in [0.5, 0.6) is 5.75 Å². The van der Waals surface area contributed by atoms with E-state index in [4.69, 9.17) is 4.74 Å². The van der Waals surface area contributed by atoms with Gasteiger partial charge in [0.1, 0.15) is 5.75 Å². The maximum Gasteiger partial charge on any atom is 0.119 e. The molecule has 2 aromatic rings. The van der Waals surface area contributed by atoms with Crippen molar-refractivity contribution in [2.24, 2.45) is 7.05 Å². The normalized spacial score (nSPS) is 12.4. The number of hydrogen-bond acceptors (Lipinski definition) is 3. The molecule has 1 heterocycles. The molecule has 0 aliphatic heterocycles. The Balaban J connectivity index is 1.84. The average molecular weight is 260 g/mol. The highest BCUT2D eigenvalue weighted by molar-refractivity contribution is 5.28. The fourth-order valence-electron chi connectivity index (χ4n) is 2.11. The third-order valence-electron chi connectivity index (χ3n) is 3.13.